The van der Waals surface area contributed by atoms with Gasteiger partial charge in [-0.2, -0.15) is 0 Å². The topological polar surface area (TPSA) is 53.6 Å². The van der Waals surface area contributed by atoms with Gasteiger partial charge in [0.2, 0.25) is 0 Å². The summed E-state index contributed by atoms with van der Waals surface area (Å²) in [4.78, 5) is 11.6. The van der Waals surface area contributed by atoms with Gasteiger partial charge in [-0.1, -0.05) is 13.0 Å². The Kier molecular flexibility index (Phi) is 4.59. The largest absolute Gasteiger partial charge is 0.494 e. The molecule has 0 saturated heterocycles. The van der Waals surface area contributed by atoms with Crippen LogP contribution in [-0.4, -0.2) is 23.9 Å². The van der Waals surface area contributed by atoms with Crippen molar-refractivity contribution in [2.24, 2.45) is 7.05 Å². The highest BCUT2D eigenvalue weighted by Crippen LogP contribution is 2.17. The van der Waals surface area contributed by atoms with Gasteiger partial charge in [-0.25, -0.2) is 4.79 Å². The molecule has 1 aromatic heterocycles. The molecule has 0 amide bonds. The number of oxazole rings is 1. The first-order chi connectivity index (χ1) is 9.88. The Bertz CT molecular complexity index is 674. The molecule has 114 valence electrons. The molecule has 0 bridgehead atoms. The van der Waals surface area contributed by atoms with Crippen LogP contribution in [0.25, 0.3) is 11.1 Å². The molecular weight excluding hydrogens is 269 g/mol. The minimum absolute atomic E-state index is 0.281. The molecule has 5 nitrogen and oxygen atoms in total. The average Bonchev–Trinajstić information content (AvgIpc) is 2.73. The van der Waals surface area contributed by atoms with Crippen LogP contribution in [0, 0.1) is 0 Å². The quantitative estimate of drug-likeness (QED) is 0.765. The zero-order chi connectivity index (χ0) is 15.6. The van der Waals surface area contributed by atoms with Crippen molar-refractivity contribution in [3.8, 4) is 0 Å². The van der Waals surface area contributed by atoms with Crippen LogP contribution in [0.2, 0.25) is 0 Å². The number of hydrogen-bond donors (Lipinski definition) is 0. The van der Waals surface area contributed by atoms with Gasteiger partial charge in [-0.05, 0) is 44.8 Å². The molecule has 0 aliphatic rings. The fraction of sp³-hybridized carbons (Fsp3) is 0.533. The van der Waals surface area contributed by atoms with Gasteiger partial charge in [0.15, 0.2) is 5.58 Å². The molecule has 0 spiro atoms. The van der Waals surface area contributed by atoms with Crippen LogP contribution in [0.3, 0.4) is 0 Å². The van der Waals surface area contributed by atoms with Gasteiger partial charge < -0.3 is 13.7 Å². The van der Waals surface area contributed by atoms with Crippen LogP contribution in [0.1, 0.15) is 34.1 Å². The first-order valence-corrected chi connectivity index (χ1v) is 7.27. The molecule has 0 fully saturated rings. The van der Waals surface area contributed by atoms with E-state index in [4.69, 9.17) is 13.7 Å². The van der Waals surface area contributed by atoms with E-state index < -0.39 is 7.12 Å². The zero-order valence-electron chi connectivity index (χ0n) is 13.3. The van der Waals surface area contributed by atoms with Crippen molar-refractivity contribution in [2.45, 2.75) is 39.7 Å². The Labute approximate surface area is 125 Å². The van der Waals surface area contributed by atoms with E-state index in [2.05, 4.69) is 6.92 Å². The number of aromatic nitrogens is 1. The Morgan fingerprint density at radius 3 is 2.67 bits per heavy atom. The number of nitrogens with zero attached hydrogens (tertiary/aromatic N) is 1. The molecule has 21 heavy (non-hydrogen) atoms. The van der Waals surface area contributed by atoms with Crippen LogP contribution >= 0.6 is 0 Å². The van der Waals surface area contributed by atoms with Gasteiger partial charge in [-0.3, -0.25) is 4.57 Å². The first kappa shape index (κ1) is 15.9. The minimum atomic E-state index is -0.459. The zero-order valence-corrected chi connectivity index (χ0v) is 13.3. The highest BCUT2D eigenvalue weighted by Gasteiger charge is 2.29. The normalized spacial score (nSPS) is 12.0. The van der Waals surface area contributed by atoms with E-state index in [0.717, 1.165) is 17.4 Å². The lowest BCUT2D eigenvalue weighted by Crippen LogP contribution is -2.43. The Hall–Kier alpha value is -1.53. The summed E-state index contributed by atoms with van der Waals surface area (Å²) in [7, 11) is 1.23. The number of benzene rings is 1. The molecule has 0 radical (unpaired) electrons. The SMILES string of the molecule is CCOB(OC(C)(C)CC)c1ccc2oc(=O)n(C)c2c1. The first-order valence-electron chi connectivity index (χ1n) is 7.27. The molecule has 2 aromatic rings. The molecule has 0 atom stereocenters. The van der Waals surface area contributed by atoms with Crippen molar-refractivity contribution in [3.05, 3.63) is 28.7 Å². The van der Waals surface area contributed by atoms with Gasteiger partial charge >= 0.3 is 12.9 Å². The molecular formula is C15H22BNO4. The highest BCUT2D eigenvalue weighted by molar-refractivity contribution is 6.61. The maximum atomic E-state index is 11.6. The van der Waals surface area contributed by atoms with Crippen molar-refractivity contribution in [1.82, 2.24) is 4.57 Å². The van der Waals surface area contributed by atoms with E-state index in [1.165, 1.54) is 4.57 Å². The lowest BCUT2D eigenvalue weighted by molar-refractivity contribution is 0.0706. The maximum absolute atomic E-state index is 11.6. The van der Waals surface area contributed by atoms with Crippen LogP contribution in [0.4, 0.5) is 0 Å². The second-order valence-corrected chi connectivity index (χ2v) is 5.67. The van der Waals surface area contributed by atoms with E-state index in [0.29, 0.717) is 12.2 Å². The van der Waals surface area contributed by atoms with Gasteiger partial charge in [0.1, 0.15) is 0 Å². The summed E-state index contributed by atoms with van der Waals surface area (Å²) in [5, 5.41) is 0. The fourth-order valence-corrected chi connectivity index (χ4v) is 2.01. The van der Waals surface area contributed by atoms with Crippen molar-refractivity contribution >= 4 is 23.7 Å². The molecule has 6 heteroatoms. The molecule has 0 unspecified atom stereocenters. The van der Waals surface area contributed by atoms with Crippen LogP contribution < -0.4 is 11.2 Å². The summed E-state index contributed by atoms with van der Waals surface area (Å²) in [5.74, 6) is -0.370. The number of fused-ring (bicyclic) bond motifs is 1. The second-order valence-electron chi connectivity index (χ2n) is 5.67. The van der Waals surface area contributed by atoms with E-state index in [9.17, 15) is 4.79 Å². The summed E-state index contributed by atoms with van der Waals surface area (Å²) < 4.78 is 18.4. The Morgan fingerprint density at radius 1 is 1.33 bits per heavy atom. The molecule has 1 heterocycles. The second kappa shape index (κ2) is 6.07. The number of aryl methyl sites for hydroxylation is 1. The van der Waals surface area contributed by atoms with Gasteiger partial charge in [0.25, 0.3) is 0 Å². The number of hydrogen-bond acceptors (Lipinski definition) is 4. The third kappa shape index (κ3) is 3.39. The predicted molar refractivity (Wildman–Crippen MR) is 83.9 cm³/mol. The lowest BCUT2D eigenvalue weighted by atomic mass is 9.77. The van der Waals surface area contributed by atoms with E-state index >= 15 is 0 Å². The monoisotopic (exact) mass is 291 g/mol. The summed E-state index contributed by atoms with van der Waals surface area (Å²) in [6, 6.07) is 5.53. The molecule has 2 rings (SSSR count). The smallest absolute Gasteiger partial charge is 0.408 e. The summed E-state index contributed by atoms with van der Waals surface area (Å²) in [6.45, 7) is 8.62. The van der Waals surface area contributed by atoms with Crippen LogP contribution in [0.5, 0.6) is 0 Å². The standard InChI is InChI=1S/C15H22BNO4/c1-6-15(3,4)21-16(19-7-2)11-8-9-13-12(10-11)17(5)14(18)20-13/h8-10H,6-7H2,1-5H3. The average molecular weight is 291 g/mol. The van der Waals surface area contributed by atoms with Crippen molar-refractivity contribution < 1.29 is 13.7 Å². The summed E-state index contributed by atoms with van der Waals surface area (Å²) in [6.07, 6.45) is 0.878. The van der Waals surface area contributed by atoms with Gasteiger partial charge in [-0.15, -0.1) is 0 Å². The third-order valence-electron chi connectivity index (χ3n) is 3.68. The van der Waals surface area contributed by atoms with Gasteiger partial charge in [0.05, 0.1) is 5.52 Å². The Balaban J connectivity index is 2.40. The molecule has 0 N–H and O–H groups in total. The van der Waals surface area contributed by atoms with Crippen molar-refractivity contribution in [1.29, 1.82) is 0 Å². The van der Waals surface area contributed by atoms with Crippen molar-refractivity contribution in [2.75, 3.05) is 6.61 Å². The molecule has 0 aliphatic carbocycles. The number of rotatable bonds is 6. The predicted octanol–water partition coefficient (Wildman–Crippen LogP) is 2.07. The van der Waals surface area contributed by atoms with Gasteiger partial charge in [0, 0.05) is 19.3 Å². The van der Waals surface area contributed by atoms with E-state index in [-0.39, 0.29) is 11.4 Å². The lowest BCUT2D eigenvalue weighted by Gasteiger charge is -2.28. The minimum Gasteiger partial charge on any atom is -0.408 e. The van der Waals surface area contributed by atoms with Crippen molar-refractivity contribution in [3.63, 3.8) is 0 Å². The Morgan fingerprint density at radius 2 is 2.05 bits per heavy atom. The maximum Gasteiger partial charge on any atom is 0.494 e. The van der Waals surface area contributed by atoms with E-state index in [1.54, 1.807) is 13.1 Å². The summed E-state index contributed by atoms with van der Waals surface area (Å²) in [5.41, 5.74) is 1.90. The highest BCUT2D eigenvalue weighted by atomic mass is 16.6. The van der Waals surface area contributed by atoms with Crippen LogP contribution in [0.15, 0.2) is 27.4 Å². The van der Waals surface area contributed by atoms with Crippen LogP contribution in [-0.2, 0) is 16.4 Å². The molecule has 0 saturated carbocycles. The molecule has 1 aromatic carbocycles. The summed E-state index contributed by atoms with van der Waals surface area (Å²) >= 11 is 0. The molecule has 0 aliphatic heterocycles. The van der Waals surface area contributed by atoms with E-state index in [1.807, 2.05) is 32.9 Å². The third-order valence-corrected chi connectivity index (χ3v) is 3.68. The fourth-order valence-electron chi connectivity index (χ4n) is 2.01.